The Bertz CT molecular complexity index is 1160. The number of hydrogen-bond acceptors (Lipinski definition) is 6. The first-order valence-corrected chi connectivity index (χ1v) is 12.4. The van der Waals surface area contributed by atoms with E-state index in [0.717, 1.165) is 57.7 Å². The number of nitrogens with zero attached hydrogens (tertiary/aromatic N) is 5. The number of piperazine rings is 1. The highest BCUT2D eigenvalue weighted by Crippen LogP contribution is 2.26. The van der Waals surface area contributed by atoms with E-state index in [1.54, 1.807) is 12.1 Å². The fourth-order valence-electron chi connectivity index (χ4n) is 5.07. The Balaban J connectivity index is 1.10. The number of likely N-dealkylation sites (tertiary alicyclic amines) is 1. The van der Waals surface area contributed by atoms with E-state index < -0.39 is 0 Å². The molecule has 184 valence electrons. The Hall–Kier alpha value is -3.26. The first kappa shape index (κ1) is 23.5. The summed E-state index contributed by atoms with van der Waals surface area (Å²) in [6.45, 7) is 9.84. The lowest BCUT2D eigenvalue weighted by Crippen LogP contribution is -2.51. The average molecular weight is 478 g/mol. The van der Waals surface area contributed by atoms with Crippen LogP contribution in [0, 0.1) is 25.6 Å². The van der Waals surface area contributed by atoms with E-state index in [0.29, 0.717) is 24.2 Å². The molecule has 2 aromatic carbocycles. The number of benzene rings is 2. The predicted octanol–water partition coefficient (Wildman–Crippen LogP) is 4.05. The number of carbonyl (C=O) groups excluding carboxylic acids is 1. The lowest BCUT2D eigenvalue weighted by molar-refractivity contribution is -0.137. The molecule has 1 aromatic heterocycles. The van der Waals surface area contributed by atoms with Crippen LogP contribution in [0.5, 0.6) is 0 Å². The van der Waals surface area contributed by atoms with Gasteiger partial charge in [-0.3, -0.25) is 9.69 Å². The molecule has 0 spiro atoms. The molecule has 1 amide bonds. The molecule has 0 radical (unpaired) electrons. The van der Waals surface area contributed by atoms with Crippen molar-refractivity contribution in [2.45, 2.75) is 33.2 Å². The Morgan fingerprint density at radius 2 is 1.71 bits per heavy atom. The molecule has 0 atom stereocenters. The highest BCUT2D eigenvalue weighted by Gasteiger charge is 2.31. The minimum absolute atomic E-state index is 0.0796. The van der Waals surface area contributed by atoms with Gasteiger partial charge in [-0.15, -0.1) is 0 Å². The molecular formula is C27H32FN5O2. The van der Waals surface area contributed by atoms with Crippen LogP contribution >= 0.6 is 0 Å². The first-order valence-electron chi connectivity index (χ1n) is 12.4. The van der Waals surface area contributed by atoms with Gasteiger partial charge in [-0.1, -0.05) is 17.3 Å². The Morgan fingerprint density at radius 1 is 1.00 bits per heavy atom. The van der Waals surface area contributed by atoms with Gasteiger partial charge in [-0.05, 0) is 81.2 Å². The Kier molecular flexibility index (Phi) is 6.81. The van der Waals surface area contributed by atoms with Crippen molar-refractivity contribution >= 4 is 11.6 Å². The fraction of sp³-hybridized carbons (Fsp3) is 0.444. The second-order valence-corrected chi connectivity index (χ2v) is 9.60. The second kappa shape index (κ2) is 10.2. The molecule has 0 aliphatic carbocycles. The molecule has 2 saturated heterocycles. The number of amides is 1. The Morgan fingerprint density at radius 3 is 2.43 bits per heavy atom. The molecule has 5 rings (SSSR count). The van der Waals surface area contributed by atoms with Crippen LogP contribution in [0.1, 0.15) is 29.9 Å². The highest BCUT2D eigenvalue weighted by molar-refractivity contribution is 5.79. The van der Waals surface area contributed by atoms with E-state index in [1.807, 2.05) is 0 Å². The first-order chi connectivity index (χ1) is 17.0. The van der Waals surface area contributed by atoms with Crippen molar-refractivity contribution in [1.82, 2.24) is 19.9 Å². The largest absolute Gasteiger partial charge is 0.368 e. The van der Waals surface area contributed by atoms with E-state index in [2.05, 4.69) is 56.9 Å². The van der Waals surface area contributed by atoms with Gasteiger partial charge in [0.2, 0.25) is 17.6 Å². The van der Waals surface area contributed by atoms with Crippen molar-refractivity contribution in [2.75, 3.05) is 44.2 Å². The van der Waals surface area contributed by atoms with Crippen LogP contribution in [0.3, 0.4) is 0 Å². The fourth-order valence-corrected chi connectivity index (χ4v) is 5.07. The van der Waals surface area contributed by atoms with Gasteiger partial charge in [0, 0.05) is 43.3 Å². The smallest absolute Gasteiger partial charge is 0.241 e. The van der Waals surface area contributed by atoms with Crippen LogP contribution in [-0.2, 0) is 11.3 Å². The average Bonchev–Trinajstić information content (AvgIpc) is 3.35. The summed E-state index contributed by atoms with van der Waals surface area (Å²) in [6, 6.07) is 12.5. The van der Waals surface area contributed by atoms with Gasteiger partial charge in [0.25, 0.3) is 0 Å². The lowest BCUT2D eigenvalue weighted by Gasteiger charge is -2.39. The SMILES string of the molecule is Cc1cccc(N2CCN(C(=O)C3CCN(Cc4nc(-c5ccc(F)cc5)no4)CC3)CC2)c1C. The van der Waals surface area contributed by atoms with Crippen molar-refractivity contribution < 1.29 is 13.7 Å². The van der Waals surface area contributed by atoms with E-state index in [-0.39, 0.29) is 11.7 Å². The molecule has 0 N–H and O–H groups in total. The molecule has 8 heteroatoms. The number of carbonyl (C=O) groups is 1. The molecule has 0 bridgehead atoms. The van der Waals surface area contributed by atoms with Crippen molar-refractivity contribution in [3.63, 3.8) is 0 Å². The summed E-state index contributed by atoms with van der Waals surface area (Å²) in [5.74, 6) is 1.08. The van der Waals surface area contributed by atoms with Crippen LogP contribution in [0.25, 0.3) is 11.4 Å². The van der Waals surface area contributed by atoms with Crippen molar-refractivity contribution in [3.05, 3.63) is 65.3 Å². The third kappa shape index (κ3) is 5.22. The maximum atomic E-state index is 13.2. The summed E-state index contributed by atoms with van der Waals surface area (Å²) in [6.07, 6.45) is 1.68. The molecule has 2 aliphatic rings. The Labute approximate surface area is 205 Å². The summed E-state index contributed by atoms with van der Waals surface area (Å²) < 4.78 is 18.5. The molecule has 3 heterocycles. The monoisotopic (exact) mass is 477 g/mol. The van der Waals surface area contributed by atoms with Crippen molar-refractivity contribution in [2.24, 2.45) is 5.92 Å². The zero-order valence-corrected chi connectivity index (χ0v) is 20.4. The zero-order chi connectivity index (χ0) is 24.4. The molecule has 7 nitrogen and oxygen atoms in total. The summed E-state index contributed by atoms with van der Waals surface area (Å²) in [5.41, 5.74) is 4.64. The van der Waals surface area contributed by atoms with Crippen LogP contribution < -0.4 is 4.90 Å². The maximum Gasteiger partial charge on any atom is 0.241 e. The van der Waals surface area contributed by atoms with Gasteiger partial charge in [-0.25, -0.2) is 4.39 Å². The number of piperidine rings is 1. The standard InChI is InChI=1S/C27H32FN5O2/c1-19-4-3-5-24(20(19)2)32-14-16-33(17-15-32)27(34)22-10-12-31(13-11-22)18-25-29-26(30-35-25)21-6-8-23(28)9-7-21/h3-9,22H,10-18H2,1-2H3. The van der Waals surface area contributed by atoms with Gasteiger partial charge >= 0.3 is 0 Å². The predicted molar refractivity (Wildman–Crippen MR) is 132 cm³/mol. The van der Waals surface area contributed by atoms with Crippen molar-refractivity contribution in [1.29, 1.82) is 0 Å². The van der Waals surface area contributed by atoms with Crippen LogP contribution in [-0.4, -0.2) is 65.1 Å². The molecule has 3 aromatic rings. The van der Waals surface area contributed by atoms with Crippen LogP contribution in [0.15, 0.2) is 47.0 Å². The van der Waals surface area contributed by atoms with E-state index in [4.69, 9.17) is 4.52 Å². The third-order valence-corrected chi connectivity index (χ3v) is 7.37. The second-order valence-electron chi connectivity index (χ2n) is 9.60. The number of rotatable bonds is 5. The topological polar surface area (TPSA) is 65.7 Å². The summed E-state index contributed by atoms with van der Waals surface area (Å²) in [7, 11) is 0. The quantitative estimate of drug-likeness (QED) is 0.552. The van der Waals surface area contributed by atoms with E-state index in [9.17, 15) is 9.18 Å². The van der Waals surface area contributed by atoms with Crippen molar-refractivity contribution in [3.8, 4) is 11.4 Å². The van der Waals surface area contributed by atoms with Crippen LogP contribution in [0.2, 0.25) is 0 Å². The van der Waals surface area contributed by atoms with Gasteiger partial charge in [-0.2, -0.15) is 4.98 Å². The minimum atomic E-state index is -0.293. The maximum absolute atomic E-state index is 13.2. The normalized spacial score (nSPS) is 17.7. The zero-order valence-electron chi connectivity index (χ0n) is 20.4. The van der Waals surface area contributed by atoms with Gasteiger partial charge in [0.15, 0.2) is 0 Å². The van der Waals surface area contributed by atoms with Gasteiger partial charge in [0.05, 0.1) is 6.54 Å². The molecule has 0 saturated carbocycles. The number of anilines is 1. The van der Waals surface area contributed by atoms with Crippen LogP contribution in [0.4, 0.5) is 10.1 Å². The molecule has 2 fully saturated rings. The molecular weight excluding hydrogens is 445 g/mol. The highest BCUT2D eigenvalue weighted by atomic mass is 19.1. The molecule has 0 unspecified atom stereocenters. The molecule has 2 aliphatic heterocycles. The summed E-state index contributed by atoms with van der Waals surface area (Å²) in [4.78, 5) is 24.3. The number of aryl methyl sites for hydroxylation is 1. The van der Waals surface area contributed by atoms with E-state index in [1.165, 1.54) is 28.9 Å². The van der Waals surface area contributed by atoms with E-state index >= 15 is 0 Å². The lowest BCUT2D eigenvalue weighted by atomic mass is 9.95. The van der Waals surface area contributed by atoms with Gasteiger partial charge < -0.3 is 14.3 Å². The molecule has 35 heavy (non-hydrogen) atoms. The minimum Gasteiger partial charge on any atom is -0.368 e. The third-order valence-electron chi connectivity index (χ3n) is 7.37. The summed E-state index contributed by atoms with van der Waals surface area (Å²) in [5, 5.41) is 4.02. The van der Waals surface area contributed by atoms with Gasteiger partial charge in [0.1, 0.15) is 5.82 Å². The summed E-state index contributed by atoms with van der Waals surface area (Å²) >= 11 is 0. The number of hydrogen-bond donors (Lipinski definition) is 0. The number of aromatic nitrogens is 2. The number of halogens is 1.